The summed E-state index contributed by atoms with van der Waals surface area (Å²) in [6.07, 6.45) is 1.10. The highest BCUT2D eigenvalue weighted by molar-refractivity contribution is 5.98. The van der Waals surface area contributed by atoms with E-state index >= 15 is 0 Å². The summed E-state index contributed by atoms with van der Waals surface area (Å²) >= 11 is 0. The van der Waals surface area contributed by atoms with Crippen LogP contribution in [-0.4, -0.2) is 57.2 Å². The lowest BCUT2D eigenvalue weighted by molar-refractivity contribution is 0.0126. The van der Waals surface area contributed by atoms with Crippen LogP contribution in [0, 0.1) is 5.82 Å². The summed E-state index contributed by atoms with van der Waals surface area (Å²) < 4.78 is 13.4. The summed E-state index contributed by atoms with van der Waals surface area (Å²) in [6.45, 7) is 3.07. The molecule has 1 fully saturated rings. The summed E-state index contributed by atoms with van der Waals surface area (Å²) in [4.78, 5) is 16.4. The van der Waals surface area contributed by atoms with Crippen LogP contribution in [0.5, 0.6) is 0 Å². The van der Waals surface area contributed by atoms with Crippen LogP contribution in [0.3, 0.4) is 0 Å². The normalized spacial score (nSPS) is 20.6. The molecule has 29 heavy (non-hydrogen) atoms. The van der Waals surface area contributed by atoms with Crippen molar-refractivity contribution in [1.29, 1.82) is 0 Å². The number of aromatic amines is 1. The van der Waals surface area contributed by atoms with Crippen LogP contribution in [0.25, 0.3) is 10.9 Å². The van der Waals surface area contributed by atoms with Gasteiger partial charge in [-0.1, -0.05) is 18.2 Å². The third-order valence-corrected chi connectivity index (χ3v) is 6.23. The summed E-state index contributed by atoms with van der Waals surface area (Å²) in [7, 11) is 0. The first-order valence-corrected chi connectivity index (χ1v) is 10.1. The fraction of sp³-hybridized carbons (Fsp3) is 0.364. The molecule has 0 spiro atoms. The van der Waals surface area contributed by atoms with Crippen molar-refractivity contribution >= 4 is 16.8 Å². The van der Waals surface area contributed by atoms with Crippen LogP contribution in [0.2, 0.25) is 0 Å². The molecule has 2 N–H and O–H groups in total. The number of fused-ring (bicyclic) bond motifs is 2. The Hall–Kier alpha value is -2.77. The molecular formula is C22H23FN4O2. The number of nitrogens with one attached hydrogen (secondary N) is 1. The molecule has 7 heteroatoms. The molecule has 1 atom stereocenters. The fourth-order valence-corrected chi connectivity index (χ4v) is 4.59. The standard InChI is InChI=1S/C22H23FN4O2/c23-15-5-6-18-19(13-15)24-25-20(18)14-7-9-26(10-8-14)11-12-27-21(28)16-3-1-2-4-17(16)22(27)29/h1-6,13-14,21,28H,7-12H2,(H,24,25). The van der Waals surface area contributed by atoms with Gasteiger partial charge >= 0.3 is 0 Å². The molecule has 3 heterocycles. The third kappa shape index (κ3) is 3.20. The van der Waals surface area contributed by atoms with Gasteiger partial charge in [-0.15, -0.1) is 0 Å². The minimum absolute atomic E-state index is 0.0980. The number of halogens is 1. The van der Waals surface area contributed by atoms with E-state index in [9.17, 15) is 14.3 Å². The Kier molecular flexibility index (Phi) is 4.56. The van der Waals surface area contributed by atoms with E-state index in [2.05, 4.69) is 15.1 Å². The fourth-order valence-electron chi connectivity index (χ4n) is 4.59. The number of likely N-dealkylation sites (tertiary alicyclic amines) is 1. The predicted octanol–water partition coefficient (Wildman–Crippen LogP) is 3.03. The summed E-state index contributed by atoms with van der Waals surface area (Å²) in [6, 6.07) is 12.0. The molecule has 1 saturated heterocycles. The quantitative estimate of drug-likeness (QED) is 0.714. The van der Waals surface area contributed by atoms with E-state index in [0.29, 0.717) is 29.1 Å². The second kappa shape index (κ2) is 7.24. The summed E-state index contributed by atoms with van der Waals surface area (Å²) in [5.41, 5.74) is 3.05. The molecule has 0 radical (unpaired) electrons. The minimum atomic E-state index is -0.854. The highest BCUT2D eigenvalue weighted by Crippen LogP contribution is 2.33. The lowest BCUT2D eigenvalue weighted by atomic mass is 9.91. The average molecular weight is 394 g/mol. The number of hydrogen-bond donors (Lipinski definition) is 2. The maximum atomic E-state index is 13.4. The molecule has 2 aromatic carbocycles. The predicted molar refractivity (Wildman–Crippen MR) is 107 cm³/mol. The highest BCUT2D eigenvalue weighted by atomic mass is 19.1. The number of hydrogen-bond acceptors (Lipinski definition) is 4. The van der Waals surface area contributed by atoms with Crippen molar-refractivity contribution in [2.75, 3.05) is 26.2 Å². The first-order chi connectivity index (χ1) is 14.1. The van der Waals surface area contributed by atoms with Crippen LogP contribution in [0.4, 0.5) is 4.39 Å². The zero-order valence-corrected chi connectivity index (χ0v) is 16.0. The van der Waals surface area contributed by atoms with E-state index in [1.165, 1.54) is 12.1 Å². The first kappa shape index (κ1) is 18.3. The van der Waals surface area contributed by atoms with E-state index < -0.39 is 6.23 Å². The van der Waals surface area contributed by atoms with Gasteiger partial charge in [0.2, 0.25) is 0 Å². The Morgan fingerprint density at radius 3 is 2.72 bits per heavy atom. The molecule has 6 nitrogen and oxygen atoms in total. The summed E-state index contributed by atoms with van der Waals surface area (Å²) in [5.74, 6) is -0.00436. The second-order valence-corrected chi connectivity index (χ2v) is 7.87. The Morgan fingerprint density at radius 2 is 1.93 bits per heavy atom. The SMILES string of the molecule is O=C1c2ccccc2C(O)N1CCN1CCC(c2[nH]nc3cc(F)ccc23)CC1. The molecule has 1 amide bonds. The lowest BCUT2D eigenvalue weighted by Gasteiger charge is -2.33. The van der Waals surface area contributed by atoms with E-state index in [1.54, 1.807) is 17.0 Å². The van der Waals surface area contributed by atoms with Gasteiger partial charge in [-0.25, -0.2) is 4.39 Å². The Morgan fingerprint density at radius 1 is 1.14 bits per heavy atom. The molecule has 1 aromatic heterocycles. The monoisotopic (exact) mass is 394 g/mol. The summed E-state index contributed by atoms with van der Waals surface area (Å²) in [5, 5.41) is 18.8. The molecule has 0 aliphatic carbocycles. The maximum Gasteiger partial charge on any atom is 0.256 e. The molecule has 0 saturated carbocycles. The van der Waals surface area contributed by atoms with Gasteiger partial charge < -0.3 is 14.9 Å². The minimum Gasteiger partial charge on any atom is -0.369 e. The van der Waals surface area contributed by atoms with E-state index in [-0.39, 0.29) is 11.7 Å². The van der Waals surface area contributed by atoms with Gasteiger partial charge in [-0.05, 0) is 44.1 Å². The number of aromatic nitrogens is 2. The van der Waals surface area contributed by atoms with Gasteiger partial charge in [0.05, 0.1) is 5.52 Å². The second-order valence-electron chi connectivity index (χ2n) is 7.87. The molecule has 0 bridgehead atoms. The van der Waals surface area contributed by atoms with Crippen molar-refractivity contribution in [3.63, 3.8) is 0 Å². The number of benzene rings is 2. The van der Waals surface area contributed by atoms with Crippen LogP contribution in [-0.2, 0) is 0 Å². The lowest BCUT2D eigenvalue weighted by Crippen LogP contribution is -2.40. The zero-order chi connectivity index (χ0) is 20.0. The largest absolute Gasteiger partial charge is 0.369 e. The van der Waals surface area contributed by atoms with Crippen LogP contribution in [0.1, 0.15) is 46.6 Å². The zero-order valence-electron chi connectivity index (χ0n) is 16.0. The Balaban J connectivity index is 1.19. The van der Waals surface area contributed by atoms with Gasteiger partial charge in [0.15, 0.2) is 6.23 Å². The number of rotatable bonds is 4. The number of aliphatic hydroxyl groups excluding tert-OH is 1. The van der Waals surface area contributed by atoms with E-state index in [0.717, 1.165) is 43.6 Å². The third-order valence-electron chi connectivity index (χ3n) is 6.23. The molecule has 2 aliphatic rings. The first-order valence-electron chi connectivity index (χ1n) is 10.1. The maximum absolute atomic E-state index is 13.4. The van der Waals surface area contributed by atoms with Gasteiger partial charge in [0.1, 0.15) is 5.82 Å². The highest BCUT2D eigenvalue weighted by Gasteiger charge is 2.35. The smallest absolute Gasteiger partial charge is 0.256 e. The van der Waals surface area contributed by atoms with E-state index in [4.69, 9.17) is 0 Å². The van der Waals surface area contributed by atoms with Crippen LogP contribution >= 0.6 is 0 Å². The molecule has 1 unspecified atom stereocenters. The van der Waals surface area contributed by atoms with Gasteiger partial charge in [0, 0.05) is 47.3 Å². The number of piperidine rings is 1. The van der Waals surface area contributed by atoms with Crippen LogP contribution < -0.4 is 0 Å². The van der Waals surface area contributed by atoms with Gasteiger partial charge in [0.25, 0.3) is 5.91 Å². The number of aliphatic hydroxyl groups is 1. The number of carbonyl (C=O) groups is 1. The van der Waals surface area contributed by atoms with Crippen LogP contribution in [0.15, 0.2) is 42.5 Å². The molecular weight excluding hydrogens is 371 g/mol. The van der Waals surface area contributed by atoms with Crippen molar-refractivity contribution in [1.82, 2.24) is 20.0 Å². The van der Waals surface area contributed by atoms with Gasteiger partial charge in [-0.2, -0.15) is 5.10 Å². The number of amides is 1. The van der Waals surface area contributed by atoms with Gasteiger partial charge in [-0.3, -0.25) is 9.89 Å². The van der Waals surface area contributed by atoms with Crippen molar-refractivity contribution in [2.45, 2.75) is 25.0 Å². The Bertz CT molecular complexity index is 1060. The Labute approximate surface area is 167 Å². The molecule has 3 aromatic rings. The number of carbonyl (C=O) groups excluding carboxylic acids is 1. The number of H-pyrrole nitrogens is 1. The average Bonchev–Trinajstić information content (AvgIpc) is 3.26. The van der Waals surface area contributed by atoms with Crippen molar-refractivity contribution in [3.05, 3.63) is 65.1 Å². The molecule has 2 aliphatic heterocycles. The van der Waals surface area contributed by atoms with Crippen molar-refractivity contribution < 1.29 is 14.3 Å². The molecule has 5 rings (SSSR count). The number of nitrogens with zero attached hydrogens (tertiary/aromatic N) is 3. The van der Waals surface area contributed by atoms with E-state index in [1.807, 2.05) is 18.2 Å². The molecule has 150 valence electrons. The van der Waals surface area contributed by atoms with Crippen molar-refractivity contribution in [3.8, 4) is 0 Å². The van der Waals surface area contributed by atoms with Crippen molar-refractivity contribution in [2.24, 2.45) is 0 Å². The topological polar surface area (TPSA) is 72.5 Å².